The van der Waals surface area contributed by atoms with Gasteiger partial charge >= 0.3 is 0 Å². The smallest absolute Gasteiger partial charge is 0.127 e. The molecule has 0 spiro atoms. The quantitative estimate of drug-likeness (QED) is 0.275. The Balaban J connectivity index is 0.000000454. The van der Waals surface area contributed by atoms with E-state index >= 15 is 0 Å². The Hall–Kier alpha value is -2.76. The summed E-state index contributed by atoms with van der Waals surface area (Å²) >= 11 is 0. The summed E-state index contributed by atoms with van der Waals surface area (Å²) in [5, 5.41) is 0. The minimum atomic E-state index is -0.265. The normalized spacial score (nSPS) is 12.9. The molecule has 0 bridgehead atoms. The van der Waals surface area contributed by atoms with Gasteiger partial charge in [0.15, 0.2) is 0 Å². The van der Waals surface area contributed by atoms with E-state index in [0.717, 1.165) is 34.5 Å². The second kappa shape index (κ2) is 15.2. The van der Waals surface area contributed by atoms with Crippen molar-refractivity contribution in [1.82, 2.24) is 0 Å². The molecule has 0 atom stereocenters. The first-order chi connectivity index (χ1) is 20.0. The van der Waals surface area contributed by atoms with Gasteiger partial charge < -0.3 is 28.4 Å². The van der Waals surface area contributed by atoms with Gasteiger partial charge in [0.2, 0.25) is 0 Å². The van der Waals surface area contributed by atoms with Crippen molar-refractivity contribution in [2.24, 2.45) is 16.2 Å². The van der Waals surface area contributed by atoms with E-state index in [0.29, 0.717) is 19.8 Å². The van der Waals surface area contributed by atoms with Gasteiger partial charge in [-0.3, -0.25) is 0 Å². The summed E-state index contributed by atoms with van der Waals surface area (Å²) in [4.78, 5) is 0. The summed E-state index contributed by atoms with van der Waals surface area (Å²) in [6.07, 6.45) is 0. The lowest BCUT2D eigenvalue weighted by Gasteiger charge is -2.27. The number of rotatable bonds is 9. The highest BCUT2D eigenvalue weighted by Gasteiger charge is 2.20. The Morgan fingerprint density at radius 3 is 0.644 bits per heavy atom. The van der Waals surface area contributed by atoms with Crippen molar-refractivity contribution < 1.29 is 28.4 Å². The fraction of sp³-hybridized carbons (Fsp3) is 0.692. The molecule has 0 heterocycles. The molecule has 2 rings (SSSR count). The summed E-state index contributed by atoms with van der Waals surface area (Å²) in [7, 11) is 0. The summed E-state index contributed by atoms with van der Waals surface area (Å²) in [5.74, 6) is 4.64. The third-order valence-electron chi connectivity index (χ3n) is 4.99. The van der Waals surface area contributed by atoms with E-state index in [-0.39, 0.29) is 33.0 Å². The van der Waals surface area contributed by atoms with Gasteiger partial charge in [0, 0.05) is 36.4 Å². The first-order valence-electron chi connectivity index (χ1n) is 16.2. The number of ether oxygens (including phenoxy) is 6. The van der Waals surface area contributed by atoms with Gasteiger partial charge in [0.25, 0.3) is 0 Å². The number of hydrogen-bond acceptors (Lipinski definition) is 6. The van der Waals surface area contributed by atoms with Crippen molar-refractivity contribution in [2.45, 2.75) is 141 Å². The zero-order valence-corrected chi connectivity index (χ0v) is 32.0. The maximum atomic E-state index is 5.96. The Kier molecular flexibility index (Phi) is 13.6. The molecular weight excluding hydrogens is 564 g/mol. The predicted octanol–water partition coefficient (Wildman–Crippen LogP) is 11.2. The van der Waals surface area contributed by atoms with Crippen LogP contribution in [0.4, 0.5) is 0 Å². The first-order valence-corrected chi connectivity index (χ1v) is 16.2. The standard InChI is InChI=1S/C21H36O3.C18H30O3/c1-19(2,3)13-22-16-10-17(23-14-20(4,5)6)12-18(11-16)24-15-21(7,8)9;1-16(2,3)19-13-10-14(20-17(4,5)6)12-15(11-13)21-18(7,8)9/h10-12H,13-15H2,1-9H3;10-12H,1-9H3. The molecule has 2 aromatic rings. The molecule has 0 aliphatic heterocycles. The second-order valence-electron chi connectivity index (χ2n) is 18.5. The summed E-state index contributed by atoms with van der Waals surface area (Å²) in [5.41, 5.74) is -0.476. The minimum Gasteiger partial charge on any atom is -0.493 e. The molecule has 0 saturated carbocycles. The lowest BCUT2D eigenvalue weighted by molar-refractivity contribution is 0.112. The van der Waals surface area contributed by atoms with Gasteiger partial charge in [-0.15, -0.1) is 0 Å². The second-order valence-corrected chi connectivity index (χ2v) is 18.5. The molecule has 0 saturated heterocycles. The lowest BCUT2D eigenvalue weighted by Crippen LogP contribution is -2.25. The van der Waals surface area contributed by atoms with Gasteiger partial charge in [-0.05, 0) is 78.6 Å². The Bertz CT molecular complexity index is 1000. The number of hydrogen-bond donors (Lipinski definition) is 0. The minimum absolute atomic E-state index is 0.106. The first kappa shape index (κ1) is 40.3. The van der Waals surface area contributed by atoms with E-state index in [4.69, 9.17) is 28.4 Å². The molecule has 0 aliphatic carbocycles. The highest BCUT2D eigenvalue weighted by atomic mass is 16.5. The summed E-state index contributed by atoms with van der Waals surface area (Å²) in [6, 6.07) is 11.6. The fourth-order valence-corrected chi connectivity index (χ4v) is 3.48. The fourth-order valence-electron chi connectivity index (χ4n) is 3.48. The van der Waals surface area contributed by atoms with Crippen LogP contribution in [0.1, 0.15) is 125 Å². The van der Waals surface area contributed by atoms with Crippen LogP contribution in [0.3, 0.4) is 0 Å². The van der Waals surface area contributed by atoms with Gasteiger partial charge in [0.05, 0.1) is 19.8 Å². The van der Waals surface area contributed by atoms with E-state index in [1.165, 1.54) is 0 Å². The van der Waals surface area contributed by atoms with Crippen LogP contribution in [0.25, 0.3) is 0 Å². The molecule has 0 aliphatic rings. The van der Waals surface area contributed by atoms with Gasteiger partial charge in [0.1, 0.15) is 51.3 Å². The molecule has 0 radical (unpaired) electrons. The molecule has 45 heavy (non-hydrogen) atoms. The van der Waals surface area contributed by atoms with Crippen LogP contribution in [0, 0.1) is 16.2 Å². The SMILES string of the molecule is CC(C)(C)COc1cc(OCC(C)(C)C)cc(OCC(C)(C)C)c1.CC(C)(C)Oc1cc(OC(C)(C)C)cc(OC(C)(C)C)c1. The molecule has 258 valence electrons. The van der Waals surface area contributed by atoms with Crippen LogP contribution in [-0.2, 0) is 0 Å². The van der Waals surface area contributed by atoms with Crippen LogP contribution in [-0.4, -0.2) is 36.6 Å². The Morgan fingerprint density at radius 2 is 0.489 bits per heavy atom. The van der Waals surface area contributed by atoms with E-state index in [2.05, 4.69) is 62.3 Å². The van der Waals surface area contributed by atoms with Crippen molar-refractivity contribution in [3.05, 3.63) is 36.4 Å². The topological polar surface area (TPSA) is 55.4 Å². The van der Waals surface area contributed by atoms with Gasteiger partial charge in [-0.1, -0.05) is 62.3 Å². The van der Waals surface area contributed by atoms with Gasteiger partial charge in [-0.2, -0.15) is 0 Å². The van der Waals surface area contributed by atoms with Crippen LogP contribution in [0.2, 0.25) is 0 Å². The van der Waals surface area contributed by atoms with Crippen LogP contribution < -0.4 is 28.4 Å². The molecule has 0 aromatic heterocycles. The third-order valence-corrected chi connectivity index (χ3v) is 4.99. The van der Waals surface area contributed by atoms with E-state index in [9.17, 15) is 0 Å². The monoisotopic (exact) mass is 630 g/mol. The summed E-state index contributed by atoms with van der Waals surface area (Å²) in [6.45, 7) is 39.6. The molecule has 6 heteroatoms. The van der Waals surface area contributed by atoms with E-state index < -0.39 is 0 Å². The van der Waals surface area contributed by atoms with E-state index in [1.807, 2.05) is 98.7 Å². The average Bonchev–Trinajstić information content (AvgIpc) is 2.75. The van der Waals surface area contributed by atoms with E-state index in [1.54, 1.807) is 0 Å². The zero-order chi connectivity index (χ0) is 35.1. The van der Waals surface area contributed by atoms with Crippen molar-refractivity contribution in [3.8, 4) is 34.5 Å². The van der Waals surface area contributed by atoms with Crippen molar-refractivity contribution in [3.63, 3.8) is 0 Å². The highest BCUT2D eigenvalue weighted by Crippen LogP contribution is 2.34. The highest BCUT2D eigenvalue weighted by molar-refractivity contribution is 5.43. The van der Waals surface area contributed by atoms with Crippen LogP contribution in [0.5, 0.6) is 34.5 Å². The largest absolute Gasteiger partial charge is 0.493 e. The van der Waals surface area contributed by atoms with Crippen molar-refractivity contribution in [2.75, 3.05) is 19.8 Å². The maximum Gasteiger partial charge on any atom is 0.127 e. The molecule has 6 nitrogen and oxygen atoms in total. The predicted molar refractivity (Wildman–Crippen MR) is 189 cm³/mol. The lowest BCUT2D eigenvalue weighted by atomic mass is 9.98. The van der Waals surface area contributed by atoms with Crippen LogP contribution >= 0.6 is 0 Å². The molecule has 0 fully saturated rings. The van der Waals surface area contributed by atoms with Crippen LogP contribution in [0.15, 0.2) is 36.4 Å². The number of benzene rings is 2. The Labute approximate surface area is 276 Å². The zero-order valence-electron chi connectivity index (χ0n) is 32.0. The Morgan fingerprint density at radius 1 is 0.311 bits per heavy atom. The maximum absolute atomic E-state index is 5.96. The van der Waals surface area contributed by atoms with Crippen molar-refractivity contribution >= 4 is 0 Å². The molecule has 2 aromatic carbocycles. The average molecular weight is 631 g/mol. The molecule has 0 N–H and O–H groups in total. The summed E-state index contributed by atoms with van der Waals surface area (Å²) < 4.78 is 35.7. The van der Waals surface area contributed by atoms with Gasteiger partial charge in [-0.25, -0.2) is 0 Å². The third kappa shape index (κ3) is 21.6. The molecular formula is C39H66O6. The molecule has 0 unspecified atom stereocenters. The van der Waals surface area contributed by atoms with Crippen molar-refractivity contribution in [1.29, 1.82) is 0 Å². The molecule has 0 amide bonds.